The smallest absolute Gasteiger partial charge is 0.239 e. The molecule has 10 heteroatoms. The van der Waals surface area contributed by atoms with Gasteiger partial charge in [0.25, 0.3) is 0 Å². The monoisotopic (exact) mass is 394 g/mol. The van der Waals surface area contributed by atoms with Crippen LogP contribution in [0.2, 0.25) is 0 Å². The molecule has 3 aliphatic rings. The largest absolute Gasteiger partial charge is 0.388 e. The Morgan fingerprint density at radius 3 is 2.44 bits per heavy atom. The summed E-state index contributed by atoms with van der Waals surface area (Å²) in [7, 11) is 0. The Bertz CT molecular complexity index is 684. The molecule has 0 saturated carbocycles. The van der Waals surface area contributed by atoms with Gasteiger partial charge < -0.3 is 25.1 Å². The quantitative estimate of drug-likeness (QED) is 0.695. The summed E-state index contributed by atoms with van der Waals surface area (Å²) in [5, 5.41) is 13.1. The van der Waals surface area contributed by atoms with Crippen molar-refractivity contribution in [2.24, 2.45) is 5.92 Å². The lowest BCUT2D eigenvalue weighted by molar-refractivity contribution is -0.135. The zero-order chi connectivity index (χ0) is 18.8. The summed E-state index contributed by atoms with van der Waals surface area (Å²) in [5.74, 6) is 0.630. The Balaban J connectivity index is 1.27. The third-order valence-electron chi connectivity index (χ3n) is 5.66. The highest BCUT2D eigenvalue weighted by molar-refractivity contribution is 7.09. The van der Waals surface area contributed by atoms with Crippen LogP contribution < -0.4 is 10.2 Å². The Labute approximate surface area is 162 Å². The second-order valence-electron chi connectivity index (χ2n) is 7.39. The molecule has 4 heterocycles. The Morgan fingerprint density at radius 1 is 1.07 bits per heavy atom. The van der Waals surface area contributed by atoms with E-state index in [1.54, 1.807) is 0 Å². The van der Waals surface area contributed by atoms with Crippen molar-refractivity contribution in [3.05, 3.63) is 5.82 Å². The van der Waals surface area contributed by atoms with E-state index in [0.717, 1.165) is 31.1 Å². The number of carbonyl (C=O) groups is 2. The first-order valence-corrected chi connectivity index (χ1v) is 10.4. The average molecular weight is 395 g/mol. The minimum absolute atomic E-state index is 0.115. The summed E-state index contributed by atoms with van der Waals surface area (Å²) < 4.78 is 4.10. The lowest BCUT2D eigenvalue weighted by atomic mass is 10.0. The van der Waals surface area contributed by atoms with Crippen LogP contribution in [-0.4, -0.2) is 87.9 Å². The number of nitrogens with zero attached hydrogens (tertiary/aromatic N) is 5. The Kier molecular flexibility index (Phi) is 5.55. The van der Waals surface area contributed by atoms with E-state index >= 15 is 0 Å². The number of rotatable bonds is 4. The van der Waals surface area contributed by atoms with E-state index in [-0.39, 0.29) is 30.4 Å². The molecule has 2 atom stereocenters. The fraction of sp³-hybridized carbons (Fsp3) is 0.765. The second kappa shape index (κ2) is 8.07. The van der Waals surface area contributed by atoms with Gasteiger partial charge in [-0.25, -0.2) is 4.98 Å². The van der Waals surface area contributed by atoms with Gasteiger partial charge in [0, 0.05) is 57.3 Å². The van der Waals surface area contributed by atoms with E-state index < -0.39 is 0 Å². The molecule has 2 amide bonds. The molecule has 2 N–H and O–H groups in total. The summed E-state index contributed by atoms with van der Waals surface area (Å²) in [4.78, 5) is 35.6. The second-order valence-corrected chi connectivity index (χ2v) is 8.12. The molecule has 1 aromatic rings. The number of amides is 2. The number of aliphatic hydroxyl groups is 1. The molecular weight excluding hydrogens is 368 g/mol. The van der Waals surface area contributed by atoms with Gasteiger partial charge in [0.05, 0.1) is 12.0 Å². The lowest BCUT2D eigenvalue weighted by Crippen LogP contribution is -2.50. The summed E-state index contributed by atoms with van der Waals surface area (Å²) >= 11 is 1.28. The number of aliphatic hydroxyl groups excluding tert-OH is 1. The van der Waals surface area contributed by atoms with Crippen molar-refractivity contribution in [1.29, 1.82) is 0 Å². The molecule has 0 aromatic carbocycles. The van der Waals surface area contributed by atoms with Gasteiger partial charge >= 0.3 is 0 Å². The van der Waals surface area contributed by atoms with E-state index in [4.69, 9.17) is 5.11 Å². The summed E-state index contributed by atoms with van der Waals surface area (Å²) in [5.41, 5.74) is 0. The predicted octanol–water partition coefficient (Wildman–Crippen LogP) is -0.720. The minimum atomic E-state index is -0.211. The van der Waals surface area contributed by atoms with Crippen LogP contribution in [0.4, 0.5) is 5.13 Å². The van der Waals surface area contributed by atoms with Gasteiger partial charge in [0.1, 0.15) is 6.61 Å². The number of piperazine rings is 1. The summed E-state index contributed by atoms with van der Waals surface area (Å²) in [6.45, 7) is 4.84. The van der Waals surface area contributed by atoms with Gasteiger partial charge in [-0.3, -0.25) is 9.59 Å². The highest BCUT2D eigenvalue weighted by atomic mass is 32.1. The van der Waals surface area contributed by atoms with Crippen LogP contribution in [0, 0.1) is 5.92 Å². The molecule has 1 aromatic heterocycles. The molecule has 0 unspecified atom stereocenters. The molecule has 148 valence electrons. The molecule has 4 rings (SSSR count). The molecule has 0 radical (unpaired) electrons. The van der Waals surface area contributed by atoms with Gasteiger partial charge in [-0.05, 0) is 19.3 Å². The number of aromatic nitrogens is 2. The molecule has 3 aliphatic heterocycles. The zero-order valence-electron chi connectivity index (χ0n) is 15.3. The molecule has 3 saturated heterocycles. The minimum Gasteiger partial charge on any atom is -0.388 e. The Hall–Kier alpha value is -1.78. The first kappa shape index (κ1) is 18.6. The molecule has 9 nitrogen and oxygen atoms in total. The van der Waals surface area contributed by atoms with Crippen molar-refractivity contribution in [2.75, 3.05) is 50.7 Å². The van der Waals surface area contributed by atoms with Crippen molar-refractivity contribution < 1.29 is 14.7 Å². The summed E-state index contributed by atoms with van der Waals surface area (Å²) in [6.07, 6.45) is 2.77. The van der Waals surface area contributed by atoms with Crippen LogP contribution in [0.5, 0.6) is 0 Å². The van der Waals surface area contributed by atoms with Crippen LogP contribution >= 0.6 is 11.5 Å². The zero-order valence-corrected chi connectivity index (χ0v) is 16.2. The molecular formula is C17H26N6O3S. The van der Waals surface area contributed by atoms with E-state index in [2.05, 4.69) is 19.6 Å². The van der Waals surface area contributed by atoms with E-state index in [0.29, 0.717) is 45.0 Å². The van der Waals surface area contributed by atoms with Crippen molar-refractivity contribution in [3.8, 4) is 0 Å². The molecule has 0 bridgehead atoms. The van der Waals surface area contributed by atoms with Crippen LogP contribution in [0.1, 0.15) is 25.1 Å². The van der Waals surface area contributed by atoms with Crippen molar-refractivity contribution >= 4 is 28.5 Å². The van der Waals surface area contributed by atoms with Crippen molar-refractivity contribution in [2.45, 2.75) is 31.9 Å². The number of hydrogen-bond acceptors (Lipinski definition) is 8. The maximum atomic E-state index is 12.9. The number of likely N-dealkylation sites (tertiary alicyclic amines) is 1. The molecule has 3 fully saturated rings. The van der Waals surface area contributed by atoms with E-state index in [9.17, 15) is 9.59 Å². The van der Waals surface area contributed by atoms with Crippen molar-refractivity contribution in [1.82, 2.24) is 24.5 Å². The highest BCUT2D eigenvalue weighted by Crippen LogP contribution is 2.23. The maximum Gasteiger partial charge on any atom is 0.239 e. The van der Waals surface area contributed by atoms with Crippen LogP contribution in [0.25, 0.3) is 0 Å². The first-order valence-electron chi connectivity index (χ1n) is 9.65. The normalized spacial score (nSPS) is 26.0. The fourth-order valence-electron chi connectivity index (χ4n) is 4.08. The van der Waals surface area contributed by atoms with Gasteiger partial charge in [-0.1, -0.05) is 0 Å². The topological polar surface area (TPSA) is 102 Å². The molecule has 0 aliphatic carbocycles. The van der Waals surface area contributed by atoms with Gasteiger partial charge in [0.15, 0.2) is 5.82 Å². The third kappa shape index (κ3) is 3.92. The van der Waals surface area contributed by atoms with Gasteiger partial charge in [-0.15, -0.1) is 0 Å². The number of nitrogens with one attached hydrogen (secondary N) is 1. The first-order chi connectivity index (χ1) is 13.2. The van der Waals surface area contributed by atoms with Crippen LogP contribution in [-0.2, 0) is 16.2 Å². The van der Waals surface area contributed by atoms with Crippen LogP contribution in [0.3, 0.4) is 0 Å². The fourth-order valence-corrected chi connectivity index (χ4v) is 4.81. The predicted molar refractivity (Wildman–Crippen MR) is 100 cm³/mol. The standard InChI is InChI=1S/C17H26N6O3S/c24-11-14-19-17(27-20-14)23-7-5-22(6-8-23)15(25)12-9-13(18-10-12)16(26)21-3-1-2-4-21/h12-13,18,24H,1-11H2/t12-,13-/m0/s1. The van der Waals surface area contributed by atoms with E-state index in [1.807, 2.05) is 9.80 Å². The SMILES string of the molecule is O=C([C@@H]1CN[C@H](C(=O)N2CCCC2)C1)N1CCN(c2nc(CO)ns2)CC1. The van der Waals surface area contributed by atoms with Gasteiger partial charge in [-0.2, -0.15) is 4.37 Å². The molecule has 27 heavy (non-hydrogen) atoms. The molecule has 0 spiro atoms. The number of anilines is 1. The summed E-state index contributed by atoms with van der Waals surface area (Å²) in [6, 6.07) is -0.211. The lowest BCUT2D eigenvalue weighted by Gasteiger charge is -2.35. The van der Waals surface area contributed by atoms with Crippen LogP contribution in [0.15, 0.2) is 0 Å². The van der Waals surface area contributed by atoms with Crippen molar-refractivity contribution in [3.63, 3.8) is 0 Å². The Morgan fingerprint density at radius 2 is 1.78 bits per heavy atom. The van der Waals surface area contributed by atoms with Gasteiger partial charge in [0.2, 0.25) is 16.9 Å². The average Bonchev–Trinajstić information content (AvgIpc) is 3.48. The number of carbonyl (C=O) groups excluding carboxylic acids is 2. The maximum absolute atomic E-state index is 12.9. The third-order valence-corrected chi connectivity index (χ3v) is 6.47. The highest BCUT2D eigenvalue weighted by Gasteiger charge is 2.38. The number of hydrogen-bond donors (Lipinski definition) is 2. The van der Waals surface area contributed by atoms with E-state index in [1.165, 1.54) is 11.5 Å².